The zero-order valence-electron chi connectivity index (χ0n) is 10.6. The molecule has 0 radical (unpaired) electrons. The van der Waals surface area contributed by atoms with Gasteiger partial charge in [-0.2, -0.15) is 0 Å². The van der Waals surface area contributed by atoms with Crippen LogP contribution in [0.15, 0.2) is 0 Å². The van der Waals surface area contributed by atoms with Gasteiger partial charge in [0.2, 0.25) is 0 Å². The molecule has 2 fully saturated rings. The van der Waals surface area contributed by atoms with E-state index in [0.717, 1.165) is 10.9 Å². The van der Waals surface area contributed by atoms with E-state index in [1.807, 2.05) is 6.92 Å². The van der Waals surface area contributed by atoms with Crippen molar-refractivity contribution in [3.63, 3.8) is 0 Å². The molecule has 0 spiro atoms. The lowest BCUT2D eigenvalue weighted by Gasteiger charge is -2.50. The molecular weight excluding hydrogens is 202 g/mol. The van der Waals surface area contributed by atoms with E-state index in [2.05, 4.69) is 7.05 Å². The van der Waals surface area contributed by atoms with E-state index in [1.54, 1.807) is 0 Å². The minimum Gasteiger partial charge on any atom is -0.466 e. The molecule has 92 valence electrons. The molecule has 2 aliphatic heterocycles. The molecule has 0 aromatic carbocycles. The first-order valence-electron chi connectivity index (χ1n) is 6.68. The summed E-state index contributed by atoms with van der Waals surface area (Å²) in [7, 11) is 2.33. The molecule has 3 nitrogen and oxygen atoms in total. The van der Waals surface area contributed by atoms with Gasteiger partial charge in [-0.1, -0.05) is 0 Å². The van der Waals surface area contributed by atoms with Crippen LogP contribution in [0.4, 0.5) is 0 Å². The van der Waals surface area contributed by atoms with Gasteiger partial charge in [-0.25, -0.2) is 0 Å². The molecule has 3 atom stereocenters. The van der Waals surface area contributed by atoms with Crippen LogP contribution in [-0.4, -0.2) is 43.2 Å². The number of rotatable bonds is 2. The largest absolute Gasteiger partial charge is 0.466 e. The van der Waals surface area contributed by atoms with Crippen molar-refractivity contribution in [3.8, 4) is 0 Å². The van der Waals surface area contributed by atoms with Crippen LogP contribution in [-0.2, 0) is 9.53 Å². The van der Waals surface area contributed by atoms with Gasteiger partial charge in [0.15, 0.2) is 0 Å². The van der Waals surface area contributed by atoms with Crippen LogP contribution in [0, 0.1) is 5.92 Å². The minimum absolute atomic E-state index is 0.0541. The Morgan fingerprint density at radius 2 is 2.00 bits per heavy atom. The van der Waals surface area contributed by atoms with Crippen LogP contribution in [0.3, 0.4) is 0 Å². The summed E-state index contributed by atoms with van der Waals surface area (Å²) in [6, 6.07) is 0.529. The summed E-state index contributed by atoms with van der Waals surface area (Å²) in [6.07, 6.45) is 6.03. The Hall–Kier alpha value is -0.570. The first-order valence-corrected chi connectivity index (χ1v) is 6.68. The highest BCUT2D eigenvalue weighted by atomic mass is 16.5. The SMILES string of the molecule is CCOC(=O)[C@@H]1CCC[N@+]2(C)CCCC[C@H]12. The first-order chi connectivity index (χ1) is 7.67. The van der Waals surface area contributed by atoms with Crippen LogP contribution < -0.4 is 0 Å². The molecule has 2 aliphatic rings. The summed E-state index contributed by atoms with van der Waals surface area (Å²) in [5.74, 6) is 0.220. The number of ether oxygens (including phenoxy) is 1. The second-order valence-corrected chi connectivity index (χ2v) is 5.49. The average Bonchev–Trinajstić information content (AvgIpc) is 2.27. The van der Waals surface area contributed by atoms with E-state index in [9.17, 15) is 4.79 Å². The monoisotopic (exact) mass is 226 g/mol. The van der Waals surface area contributed by atoms with Crippen LogP contribution in [0.1, 0.15) is 39.0 Å². The topological polar surface area (TPSA) is 26.3 Å². The zero-order valence-corrected chi connectivity index (χ0v) is 10.6. The average molecular weight is 226 g/mol. The highest BCUT2D eigenvalue weighted by Crippen LogP contribution is 2.36. The second kappa shape index (κ2) is 4.74. The maximum absolute atomic E-state index is 12.0. The smallest absolute Gasteiger partial charge is 0.314 e. The Morgan fingerprint density at radius 3 is 2.75 bits per heavy atom. The van der Waals surface area contributed by atoms with Gasteiger partial charge in [-0.15, -0.1) is 0 Å². The predicted molar refractivity (Wildman–Crippen MR) is 62.9 cm³/mol. The van der Waals surface area contributed by atoms with E-state index in [-0.39, 0.29) is 11.9 Å². The van der Waals surface area contributed by atoms with Crippen molar-refractivity contribution in [1.29, 1.82) is 0 Å². The standard InChI is InChI=1S/C13H24NO2/c1-3-16-13(15)11-7-6-10-14(2)9-5-4-8-12(11)14/h11-12H,3-10H2,1-2H3/q+1/t11-,12-,14+/m1/s1. The fourth-order valence-electron chi connectivity index (χ4n) is 3.61. The third-order valence-electron chi connectivity index (χ3n) is 4.46. The summed E-state index contributed by atoms with van der Waals surface area (Å²) in [4.78, 5) is 12.0. The lowest BCUT2D eigenvalue weighted by Crippen LogP contribution is -2.62. The van der Waals surface area contributed by atoms with Gasteiger partial charge in [0, 0.05) is 6.42 Å². The molecule has 2 saturated heterocycles. The van der Waals surface area contributed by atoms with Gasteiger partial charge in [-0.3, -0.25) is 4.79 Å². The van der Waals surface area contributed by atoms with Crippen molar-refractivity contribution < 1.29 is 14.0 Å². The molecular formula is C13H24NO2+. The molecule has 16 heavy (non-hydrogen) atoms. The number of esters is 1. The maximum Gasteiger partial charge on any atom is 0.314 e. The van der Waals surface area contributed by atoms with Gasteiger partial charge < -0.3 is 9.22 Å². The Morgan fingerprint density at radius 1 is 1.25 bits per heavy atom. The molecule has 0 unspecified atom stereocenters. The molecule has 0 saturated carbocycles. The van der Waals surface area contributed by atoms with Crippen molar-refractivity contribution >= 4 is 5.97 Å². The highest BCUT2D eigenvalue weighted by molar-refractivity contribution is 5.73. The summed E-state index contributed by atoms with van der Waals surface area (Å²) >= 11 is 0. The van der Waals surface area contributed by atoms with Crippen molar-refractivity contribution in [1.82, 2.24) is 0 Å². The van der Waals surface area contributed by atoms with Crippen LogP contribution in [0.5, 0.6) is 0 Å². The van der Waals surface area contributed by atoms with E-state index in [4.69, 9.17) is 4.74 Å². The number of nitrogens with zero attached hydrogens (tertiary/aromatic N) is 1. The lowest BCUT2D eigenvalue weighted by molar-refractivity contribution is -0.945. The summed E-state index contributed by atoms with van der Waals surface area (Å²) < 4.78 is 6.34. The third kappa shape index (κ3) is 2.10. The fourth-order valence-corrected chi connectivity index (χ4v) is 3.61. The lowest BCUT2D eigenvalue weighted by atomic mass is 9.81. The number of fused-ring (bicyclic) bond motifs is 1. The molecule has 3 heteroatoms. The molecule has 0 aromatic rings. The third-order valence-corrected chi connectivity index (χ3v) is 4.46. The second-order valence-electron chi connectivity index (χ2n) is 5.49. The van der Waals surface area contributed by atoms with Crippen LogP contribution >= 0.6 is 0 Å². The molecule has 0 N–H and O–H groups in total. The molecule has 0 aromatic heterocycles. The number of hydrogen-bond donors (Lipinski definition) is 0. The Balaban J connectivity index is 2.10. The van der Waals surface area contributed by atoms with Gasteiger partial charge in [-0.05, 0) is 32.6 Å². The fraction of sp³-hybridized carbons (Fsp3) is 0.923. The van der Waals surface area contributed by atoms with Crippen molar-refractivity contribution in [2.24, 2.45) is 5.92 Å². The summed E-state index contributed by atoms with van der Waals surface area (Å²) in [5, 5.41) is 0. The van der Waals surface area contributed by atoms with E-state index >= 15 is 0 Å². The van der Waals surface area contributed by atoms with Crippen molar-refractivity contribution in [2.75, 3.05) is 26.7 Å². The Labute approximate surface area is 98.4 Å². The van der Waals surface area contributed by atoms with E-state index in [1.165, 1.54) is 38.8 Å². The van der Waals surface area contributed by atoms with Gasteiger partial charge in [0.05, 0.1) is 26.7 Å². The zero-order chi connectivity index (χ0) is 11.6. The minimum atomic E-state index is 0.0541. The number of carbonyl (C=O) groups excluding carboxylic acids is 1. The first kappa shape index (κ1) is 11.9. The molecule has 0 bridgehead atoms. The van der Waals surface area contributed by atoms with E-state index in [0.29, 0.717) is 12.6 Å². The summed E-state index contributed by atoms with van der Waals surface area (Å²) in [6.45, 7) is 4.92. The predicted octanol–water partition coefficient (Wildman–Crippen LogP) is 1.96. The number of piperidine rings is 2. The molecule has 2 rings (SSSR count). The highest BCUT2D eigenvalue weighted by Gasteiger charge is 2.46. The van der Waals surface area contributed by atoms with Crippen LogP contribution in [0.2, 0.25) is 0 Å². The Bertz CT molecular complexity index is 263. The summed E-state index contributed by atoms with van der Waals surface area (Å²) in [5.41, 5.74) is 0. The molecule has 0 aliphatic carbocycles. The van der Waals surface area contributed by atoms with Gasteiger partial charge >= 0.3 is 5.97 Å². The van der Waals surface area contributed by atoms with E-state index < -0.39 is 0 Å². The normalized spacial score (nSPS) is 38.9. The van der Waals surface area contributed by atoms with Crippen molar-refractivity contribution in [2.45, 2.75) is 45.1 Å². The maximum atomic E-state index is 12.0. The van der Waals surface area contributed by atoms with Crippen LogP contribution in [0.25, 0.3) is 0 Å². The van der Waals surface area contributed by atoms with Crippen molar-refractivity contribution in [3.05, 3.63) is 0 Å². The quantitative estimate of drug-likeness (QED) is 0.531. The Kier molecular flexibility index (Phi) is 3.53. The number of quaternary nitrogens is 1. The number of carbonyl (C=O) groups is 1. The molecule has 0 amide bonds. The molecule has 2 heterocycles. The van der Waals surface area contributed by atoms with Gasteiger partial charge in [0.25, 0.3) is 0 Å². The van der Waals surface area contributed by atoms with Gasteiger partial charge in [0.1, 0.15) is 12.0 Å². The number of hydrogen-bond acceptors (Lipinski definition) is 2.